The summed E-state index contributed by atoms with van der Waals surface area (Å²) in [6.07, 6.45) is 11.6. The molecule has 0 N–H and O–H groups in total. The molecule has 4 aromatic rings. The molecule has 0 aromatic heterocycles. The van der Waals surface area contributed by atoms with Crippen LogP contribution in [0.5, 0.6) is 0 Å². The zero-order valence-corrected chi connectivity index (χ0v) is 28.5. The summed E-state index contributed by atoms with van der Waals surface area (Å²) in [5, 5.41) is 0. The normalized spacial score (nSPS) is 22.2. The molecule has 1 aliphatic heterocycles. The van der Waals surface area contributed by atoms with Gasteiger partial charge in [0, 0.05) is 0 Å². The SMILES string of the molecule is CCc1ccccc1-c1cccc2c1C=C1[CH]2[Hf]([CH3])([CH3])[CH]2C(=Cc3c(-c4ccccc4CC)cccc32)C12CCC2. The molecule has 2 fully saturated rings. The summed E-state index contributed by atoms with van der Waals surface area (Å²) >= 11 is -3.01. The first-order valence-electron chi connectivity index (χ1n) is 15.9. The van der Waals surface area contributed by atoms with Crippen molar-refractivity contribution >= 4 is 12.2 Å². The Labute approximate surface area is 250 Å². The minimum atomic E-state index is -3.01. The van der Waals surface area contributed by atoms with E-state index >= 15 is 0 Å². The van der Waals surface area contributed by atoms with Crippen LogP contribution in [0.3, 0.4) is 0 Å². The Kier molecular flexibility index (Phi) is 5.92. The fourth-order valence-corrected chi connectivity index (χ4v) is 26.4. The maximum absolute atomic E-state index is 3.01. The van der Waals surface area contributed by atoms with E-state index in [1.54, 1.807) is 33.4 Å². The van der Waals surface area contributed by atoms with Crippen LogP contribution in [0.1, 0.15) is 73.8 Å². The Morgan fingerprint density at radius 3 is 1.44 bits per heavy atom. The Bertz CT molecular complexity index is 1650. The van der Waals surface area contributed by atoms with E-state index in [4.69, 9.17) is 0 Å². The third kappa shape index (κ3) is 3.48. The summed E-state index contributed by atoms with van der Waals surface area (Å²) in [6, 6.07) is 32.7. The molecular formula is C40H40Hf. The van der Waals surface area contributed by atoms with Crippen molar-refractivity contribution in [3.05, 3.63) is 129 Å². The third-order valence-corrected chi connectivity index (χ3v) is 26.5. The van der Waals surface area contributed by atoms with E-state index in [-0.39, 0.29) is 5.41 Å². The first-order valence-corrected chi connectivity index (χ1v) is 27.2. The predicted molar refractivity (Wildman–Crippen MR) is 172 cm³/mol. The molecule has 1 saturated carbocycles. The number of fused-ring (bicyclic) bond motifs is 8. The summed E-state index contributed by atoms with van der Waals surface area (Å²) < 4.78 is 6.93. The van der Waals surface area contributed by atoms with Gasteiger partial charge in [0.2, 0.25) is 0 Å². The minimum absolute atomic E-state index is 0.256. The molecule has 1 spiro atoms. The van der Waals surface area contributed by atoms with Crippen LogP contribution in [-0.2, 0) is 32.8 Å². The number of hydrogen-bond donors (Lipinski definition) is 0. The van der Waals surface area contributed by atoms with Crippen LogP contribution >= 0.6 is 0 Å². The first kappa shape index (κ1) is 25.9. The van der Waals surface area contributed by atoms with Crippen LogP contribution in [0.4, 0.5) is 0 Å². The molecule has 0 bridgehead atoms. The van der Waals surface area contributed by atoms with Crippen LogP contribution in [0, 0.1) is 5.41 Å². The molecular weight excluding hydrogens is 659 g/mol. The van der Waals surface area contributed by atoms with Crippen LogP contribution in [0.15, 0.2) is 96.1 Å². The number of hydrogen-bond acceptors (Lipinski definition) is 0. The monoisotopic (exact) mass is 700 g/mol. The van der Waals surface area contributed by atoms with E-state index in [1.165, 1.54) is 52.6 Å². The second-order valence-corrected chi connectivity index (χ2v) is 30.7. The van der Waals surface area contributed by atoms with Crippen molar-refractivity contribution in [3.63, 3.8) is 0 Å². The number of allylic oxidation sites excluding steroid dienone is 2. The molecule has 0 radical (unpaired) electrons. The predicted octanol–water partition coefficient (Wildman–Crippen LogP) is 11.2. The van der Waals surface area contributed by atoms with Crippen molar-refractivity contribution in [2.75, 3.05) is 0 Å². The molecule has 3 aliphatic carbocycles. The molecule has 4 aromatic carbocycles. The fraction of sp³-hybridized carbons (Fsp3) is 0.300. The molecule has 4 aliphatic rings. The quantitative estimate of drug-likeness (QED) is 0.186. The van der Waals surface area contributed by atoms with E-state index < -0.39 is 20.0 Å². The van der Waals surface area contributed by atoms with Gasteiger partial charge in [0.1, 0.15) is 0 Å². The zero-order chi connectivity index (χ0) is 27.9. The Balaban J connectivity index is 1.34. The topological polar surface area (TPSA) is 0 Å². The average Bonchev–Trinajstić information content (AvgIpc) is 3.57. The van der Waals surface area contributed by atoms with Gasteiger partial charge < -0.3 is 0 Å². The van der Waals surface area contributed by atoms with Crippen LogP contribution in [-0.4, -0.2) is 0 Å². The van der Waals surface area contributed by atoms with E-state index in [0.717, 1.165) is 12.8 Å². The Morgan fingerprint density at radius 1 is 0.585 bits per heavy atom. The van der Waals surface area contributed by atoms with E-state index in [9.17, 15) is 0 Å². The number of benzene rings is 4. The molecule has 0 amide bonds. The Hall–Kier alpha value is -2.77. The van der Waals surface area contributed by atoms with Gasteiger partial charge in [-0.25, -0.2) is 0 Å². The van der Waals surface area contributed by atoms with Crippen LogP contribution < -0.4 is 0 Å². The summed E-state index contributed by atoms with van der Waals surface area (Å²) in [6.45, 7) is 4.59. The third-order valence-electron chi connectivity index (χ3n) is 11.3. The molecule has 1 saturated heterocycles. The molecule has 2 atom stereocenters. The van der Waals surface area contributed by atoms with Crippen molar-refractivity contribution in [2.45, 2.75) is 62.7 Å². The van der Waals surface area contributed by atoms with Crippen LogP contribution in [0.2, 0.25) is 9.36 Å². The standard InChI is InChI=1S/C38H34.2CH3.Hf/c1-3-26-12-5-7-16-32(26)34-18-9-14-28-22-30(24-36(28)34)38(20-11-21-38)31-23-29-15-10-19-35(37(29)25-31)33-17-8-6-13-27(33)4-2;;;/h5-10,12-19,22-25H,3-4,11,20-21H2,1-2H3;2*1H3;. The summed E-state index contributed by atoms with van der Waals surface area (Å²) in [7, 11) is 0. The second-order valence-electron chi connectivity index (χ2n) is 13.5. The first-order chi connectivity index (χ1) is 20.0. The molecule has 2 unspecified atom stereocenters. The van der Waals surface area contributed by atoms with Gasteiger partial charge in [0.25, 0.3) is 0 Å². The van der Waals surface area contributed by atoms with Gasteiger partial charge in [-0.15, -0.1) is 0 Å². The van der Waals surface area contributed by atoms with Gasteiger partial charge in [-0.05, 0) is 0 Å². The van der Waals surface area contributed by atoms with E-state index in [0.29, 0.717) is 7.35 Å². The summed E-state index contributed by atoms with van der Waals surface area (Å²) in [4.78, 5) is 0. The van der Waals surface area contributed by atoms with Crippen molar-refractivity contribution in [2.24, 2.45) is 5.41 Å². The molecule has 8 rings (SSSR count). The second kappa shape index (κ2) is 9.37. The number of aryl methyl sites for hydroxylation is 2. The Morgan fingerprint density at radius 2 is 1.02 bits per heavy atom. The molecule has 204 valence electrons. The van der Waals surface area contributed by atoms with Crippen LogP contribution in [0.25, 0.3) is 34.4 Å². The maximum atomic E-state index is 2.79. The van der Waals surface area contributed by atoms with E-state index in [2.05, 4.69) is 120 Å². The van der Waals surface area contributed by atoms with Gasteiger partial charge in [-0.2, -0.15) is 0 Å². The van der Waals surface area contributed by atoms with Gasteiger partial charge in [-0.1, -0.05) is 0 Å². The number of rotatable bonds is 4. The summed E-state index contributed by atoms with van der Waals surface area (Å²) in [5.41, 5.74) is 19.0. The van der Waals surface area contributed by atoms with Crippen molar-refractivity contribution in [3.8, 4) is 22.3 Å². The molecule has 41 heavy (non-hydrogen) atoms. The fourth-order valence-electron chi connectivity index (χ4n) is 9.33. The average molecular weight is 699 g/mol. The van der Waals surface area contributed by atoms with Crippen molar-refractivity contribution in [1.82, 2.24) is 0 Å². The molecule has 1 heteroatoms. The van der Waals surface area contributed by atoms with E-state index in [1.807, 2.05) is 0 Å². The summed E-state index contributed by atoms with van der Waals surface area (Å²) in [5.74, 6) is 0. The van der Waals surface area contributed by atoms with Gasteiger partial charge in [0.05, 0.1) is 0 Å². The van der Waals surface area contributed by atoms with Crippen molar-refractivity contribution in [1.29, 1.82) is 0 Å². The zero-order valence-electron chi connectivity index (χ0n) is 24.9. The van der Waals surface area contributed by atoms with Gasteiger partial charge in [0.15, 0.2) is 0 Å². The van der Waals surface area contributed by atoms with Crippen molar-refractivity contribution < 1.29 is 20.0 Å². The molecule has 1 heterocycles. The van der Waals surface area contributed by atoms with Gasteiger partial charge in [-0.3, -0.25) is 0 Å². The van der Waals surface area contributed by atoms with Gasteiger partial charge >= 0.3 is 252 Å². The molecule has 0 nitrogen and oxygen atoms in total.